The average Bonchev–Trinajstić information content (AvgIpc) is 2.31. The number of carboxylic acids is 1. The van der Waals surface area contributed by atoms with Gasteiger partial charge in [-0.1, -0.05) is 6.92 Å². The maximum absolute atomic E-state index is 11.3. The van der Waals surface area contributed by atoms with Crippen LogP contribution in [0.3, 0.4) is 0 Å². The van der Waals surface area contributed by atoms with Gasteiger partial charge in [0.25, 0.3) is 0 Å². The second-order valence-electron chi connectivity index (χ2n) is 6.84. The van der Waals surface area contributed by atoms with Gasteiger partial charge in [0, 0.05) is 5.54 Å². The molecule has 0 spiro atoms. The van der Waals surface area contributed by atoms with Crippen LogP contribution in [-0.4, -0.2) is 23.2 Å². The molecule has 0 amide bonds. The van der Waals surface area contributed by atoms with Gasteiger partial charge in [-0.15, -0.1) is 0 Å². The summed E-state index contributed by atoms with van der Waals surface area (Å²) >= 11 is 0. The first kappa shape index (κ1) is 12.5. The molecule has 0 radical (unpaired) electrons. The third kappa shape index (κ3) is 1.87. The van der Waals surface area contributed by atoms with Crippen LogP contribution in [-0.2, 0) is 4.79 Å². The van der Waals surface area contributed by atoms with Crippen LogP contribution >= 0.6 is 0 Å². The molecule has 4 aliphatic carbocycles. The highest BCUT2D eigenvalue weighted by molar-refractivity contribution is 5.68. The van der Waals surface area contributed by atoms with Gasteiger partial charge in [-0.05, 0) is 68.7 Å². The molecule has 4 saturated carbocycles. The van der Waals surface area contributed by atoms with Crippen LogP contribution in [0.1, 0.15) is 51.9 Å². The lowest BCUT2D eigenvalue weighted by molar-refractivity contribution is -0.146. The molecule has 4 bridgehead atoms. The standard InChI is InChI=1S/C15H25NO2/c1-2-3-16-15(9-14(17)18)12-5-10-4-11(7-12)8-13(15)6-10/h10-13,16H,2-9H2,1H3,(H,17,18). The predicted molar refractivity (Wildman–Crippen MR) is 70.3 cm³/mol. The highest BCUT2D eigenvalue weighted by atomic mass is 16.4. The zero-order valence-electron chi connectivity index (χ0n) is 11.3. The van der Waals surface area contributed by atoms with Crippen molar-refractivity contribution in [3.05, 3.63) is 0 Å². The molecule has 0 saturated heterocycles. The molecule has 0 unspecified atom stereocenters. The summed E-state index contributed by atoms with van der Waals surface area (Å²) in [6.45, 7) is 3.13. The average molecular weight is 251 g/mol. The summed E-state index contributed by atoms with van der Waals surface area (Å²) in [5.74, 6) is 2.43. The Morgan fingerprint density at radius 2 is 1.72 bits per heavy atom. The summed E-state index contributed by atoms with van der Waals surface area (Å²) in [5.41, 5.74) is -0.0741. The van der Waals surface area contributed by atoms with Crippen molar-refractivity contribution in [3.8, 4) is 0 Å². The highest BCUT2D eigenvalue weighted by Gasteiger charge is 2.57. The SMILES string of the molecule is CCCNC1(CC(=O)O)C2CC3CC(C2)CC1C3. The van der Waals surface area contributed by atoms with Crippen LogP contribution in [0, 0.1) is 23.7 Å². The van der Waals surface area contributed by atoms with Gasteiger partial charge < -0.3 is 10.4 Å². The van der Waals surface area contributed by atoms with Gasteiger partial charge in [-0.2, -0.15) is 0 Å². The lowest BCUT2D eigenvalue weighted by Crippen LogP contribution is -2.65. The molecule has 0 aliphatic heterocycles. The first-order valence-electron chi connectivity index (χ1n) is 7.61. The molecule has 4 rings (SSSR count). The monoisotopic (exact) mass is 251 g/mol. The van der Waals surface area contributed by atoms with E-state index in [1.165, 1.54) is 32.1 Å². The first-order chi connectivity index (χ1) is 8.64. The topological polar surface area (TPSA) is 49.3 Å². The number of hydrogen-bond acceptors (Lipinski definition) is 2. The van der Waals surface area contributed by atoms with E-state index in [-0.39, 0.29) is 5.54 Å². The molecule has 18 heavy (non-hydrogen) atoms. The fourth-order valence-electron chi connectivity index (χ4n) is 5.27. The number of nitrogens with one attached hydrogen (secondary N) is 1. The third-order valence-electron chi connectivity index (χ3n) is 5.74. The molecule has 3 heteroatoms. The van der Waals surface area contributed by atoms with Crippen LogP contribution < -0.4 is 5.32 Å². The minimum atomic E-state index is -0.619. The molecule has 3 nitrogen and oxygen atoms in total. The smallest absolute Gasteiger partial charge is 0.305 e. The Morgan fingerprint density at radius 1 is 1.17 bits per heavy atom. The van der Waals surface area contributed by atoms with Crippen LogP contribution in [0.5, 0.6) is 0 Å². The molecule has 4 aliphatic rings. The summed E-state index contributed by atoms with van der Waals surface area (Å²) in [7, 11) is 0. The number of rotatable bonds is 5. The molecular formula is C15H25NO2. The van der Waals surface area contributed by atoms with E-state index in [9.17, 15) is 9.90 Å². The molecule has 0 atom stereocenters. The number of hydrogen-bond donors (Lipinski definition) is 2. The van der Waals surface area contributed by atoms with E-state index in [1.54, 1.807) is 0 Å². The molecule has 2 N–H and O–H groups in total. The highest BCUT2D eigenvalue weighted by Crippen LogP contribution is 2.59. The second-order valence-corrected chi connectivity index (χ2v) is 6.84. The van der Waals surface area contributed by atoms with Crippen molar-refractivity contribution in [1.29, 1.82) is 0 Å². The minimum Gasteiger partial charge on any atom is -0.481 e. The molecular weight excluding hydrogens is 226 g/mol. The Bertz CT molecular complexity index is 311. The van der Waals surface area contributed by atoms with Crippen molar-refractivity contribution in [2.24, 2.45) is 23.7 Å². The first-order valence-corrected chi connectivity index (χ1v) is 7.61. The maximum atomic E-state index is 11.3. The van der Waals surface area contributed by atoms with E-state index in [0.717, 1.165) is 24.8 Å². The van der Waals surface area contributed by atoms with Gasteiger partial charge in [-0.3, -0.25) is 4.79 Å². The Balaban J connectivity index is 1.85. The second kappa shape index (κ2) is 4.52. The van der Waals surface area contributed by atoms with Crippen molar-refractivity contribution in [2.45, 2.75) is 57.4 Å². The number of aliphatic carboxylic acids is 1. The quantitative estimate of drug-likeness (QED) is 0.789. The predicted octanol–water partition coefficient (Wildman–Crippen LogP) is 2.66. The minimum absolute atomic E-state index is 0.0741. The van der Waals surface area contributed by atoms with E-state index >= 15 is 0 Å². The normalized spacial score (nSPS) is 45.4. The Hall–Kier alpha value is -0.570. The number of carboxylic acid groups (broad SMARTS) is 1. The lowest BCUT2D eigenvalue weighted by atomic mass is 9.48. The van der Waals surface area contributed by atoms with Crippen LogP contribution in [0.15, 0.2) is 0 Å². The maximum Gasteiger partial charge on any atom is 0.305 e. The van der Waals surface area contributed by atoms with Crippen molar-refractivity contribution in [3.63, 3.8) is 0 Å². The Labute approximate surface area is 109 Å². The van der Waals surface area contributed by atoms with E-state index in [0.29, 0.717) is 18.3 Å². The fraction of sp³-hybridized carbons (Fsp3) is 0.933. The summed E-state index contributed by atoms with van der Waals surface area (Å²) < 4.78 is 0. The summed E-state index contributed by atoms with van der Waals surface area (Å²) in [5, 5.41) is 13.0. The van der Waals surface area contributed by atoms with Crippen LogP contribution in [0.25, 0.3) is 0 Å². The van der Waals surface area contributed by atoms with Gasteiger partial charge in [0.2, 0.25) is 0 Å². The lowest BCUT2D eigenvalue weighted by Gasteiger charge is -2.61. The molecule has 0 aromatic carbocycles. The molecule has 0 aromatic rings. The summed E-state index contributed by atoms with van der Waals surface area (Å²) in [4.78, 5) is 11.3. The van der Waals surface area contributed by atoms with Crippen LogP contribution in [0.2, 0.25) is 0 Å². The van der Waals surface area contributed by atoms with Gasteiger partial charge in [0.1, 0.15) is 0 Å². The summed E-state index contributed by atoms with van der Waals surface area (Å²) in [6, 6.07) is 0. The van der Waals surface area contributed by atoms with Gasteiger partial charge in [0.15, 0.2) is 0 Å². The fourth-order valence-corrected chi connectivity index (χ4v) is 5.27. The zero-order chi connectivity index (χ0) is 12.8. The van der Waals surface area contributed by atoms with Gasteiger partial charge >= 0.3 is 5.97 Å². The van der Waals surface area contributed by atoms with E-state index in [1.807, 2.05) is 0 Å². The molecule has 4 fully saturated rings. The van der Waals surface area contributed by atoms with E-state index in [4.69, 9.17) is 0 Å². The van der Waals surface area contributed by atoms with Crippen molar-refractivity contribution in [2.75, 3.05) is 6.54 Å². The molecule has 102 valence electrons. The summed E-state index contributed by atoms with van der Waals surface area (Å²) in [6.07, 6.45) is 7.95. The molecule has 0 heterocycles. The Morgan fingerprint density at radius 3 is 2.17 bits per heavy atom. The number of carbonyl (C=O) groups is 1. The molecule has 0 aromatic heterocycles. The van der Waals surface area contributed by atoms with Crippen molar-refractivity contribution in [1.82, 2.24) is 5.32 Å². The largest absolute Gasteiger partial charge is 0.481 e. The van der Waals surface area contributed by atoms with E-state index in [2.05, 4.69) is 12.2 Å². The zero-order valence-corrected chi connectivity index (χ0v) is 11.3. The van der Waals surface area contributed by atoms with E-state index < -0.39 is 5.97 Å². The van der Waals surface area contributed by atoms with Gasteiger partial charge in [-0.25, -0.2) is 0 Å². The van der Waals surface area contributed by atoms with Crippen molar-refractivity contribution < 1.29 is 9.90 Å². The van der Waals surface area contributed by atoms with Crippen LogP contribution in [0.4, 0.5) is 0 Å². The third-order valence-corrected chi connectivity index (χ3v) is 5.74. The van der Waals surface area contributed by atoms with Crippen molar-refractivity contribution >= 4 is 5.97 Å². The Kier molecular flexibility index (Phi) is 3.13. The van der Waals surface area contributed by atoms with Gasteiger partial charge in [0.05, 0.1) is 6.42 Å².